The summed E-state index contributed by atoms with van der Waals surface area (Å²) in [7, 11) is 0. The molecule has 4 rings (SSSR count). The molecule has 3 aliphatic heterocycles. The highest BCUT2D eigenvalue weighted by Gasteiger charge is 2.52. The highest BCUT2D eigenvalue weighted by atomic mass is 32.2. The van der Waals surface area contributed by atoms with E-state index in [2.05, 4.69) is 32.2 Å². The van der Waals surface area contributed by atoms with Crippen LogP contribution in [0.15, 0.2) is 18.2 Å². The fraction of sp³-hybridized carbons (Fsp3) is 0.600. The molecule has 6 nitrogen and oxygen atoms in total. The maximum Gasteiger partial charge on any atom is 0.243 e. The van der Waals surface area contributed by atoms with Gasteiger partial charge in [-0.2, -0.15) is 0 Å². The molecule has 2 atom stereocenters. The fourth-order valence-corrected chi connectivity index (χ4v) is 5.60. The Morgan fingerprint density at radius 1 is 1.41 bits per heavy atom. The lowest BCUT2D eigenvalue weighted by molar-refractivity contribution is -0.137. The van der Waals surface area contributed by atoms with Crippen LogP contribution in [0.3, 0.4) is 0 Å². The SMILES string of the molecule is CC1(C)Cc2cccc(OCCNC(=O)[C@H]3CS[C@@]4(C)CCC(=O)N34)c2O1. The number of nitrogens with one attached hydrogen (secondary N) is 1. The molecule has 7 heteroatoms. The molecule has 0 radical (unpaired) electrons. The van der Waals surface area contributed by atoms with Crippen LogP contribution >= 0.6 is 11.8 Å². The molecule has 1 aromatic carbocycles. The van der Waals surface area contributed by atoms with Gasteiger partial charge in [-0.15, -0.1) is 11.8 Å². The number of thioether (sulfide) groups is 1. The molecule has 1 aromatic rings. The van der Waals surface area contributed by atoms with Gasteiger partial charge in [-0.3, -0.25) is 9.59 Å². The number of ether oxygens (including phenoxy) is 2. The van der Waals surface area contributed by atoms with Gasteiger partial charge in [-0.25, -0.2) is 0 Å². The summed E-state index contributed by atoms with van der Waals surface area (Å²) in [6, 6.07) is 5.54. The van der Waals surface area contributed by atoms with E-state index in [1.807, 2.05) is 12.1 Å². The predicted molar refractivity (Wildman–Crippen MR) is 104 cm³/mol. The van der Waals surface area contributed by atoms with E-state index >= 15 is 0 Å². The highest BCUT2D eigenvalue weighted by molar-refractivity contribution is 8.01. The molecule has 2 saturated heterocycles. The van der Waals surface area contributed by atoms with E-state index in [0.717, 1.165) is 24.2 Å². The van der Waals surface area contributed by atoms with Gasteiger partial charge < -0.3 is 19.7 Å². The van der Waals surface area contributed by atoms with Gasteiger partial charge >= 0.3 is 0 Å². The molecule has 0 saturated carbocycles. The molecule has 0 bridgehead atoms. The second-order valence-corrected chi connectivity index (χ2v) is 9.69. The van der Waals surface area contributed by atoms with Crippen LogP contribution in [0, 0.1) is 0 Å². The first-order valence-corrected chi connectivity index (χ1v) is 10.5. The Balaban J connectivity index is 1.30. The highest BCUT2D eigenvalue weighted by Crippen LogP contribution is 2.47. The van der Waals surface area contributed by atoms with Crippen LogP contribution in [0.1, 0.15) is 39.2 Å². The first-order valence-electron chi connectivity index (χ1n) is 9.47. The van der Waals surface area contributed by atoms with Crippen molar-refractivity contribution < 1.29 is 19.1 Å². The normalized spacial score (nSPS) is 27.9. The number of carbonyl (C=O) groups is 2. The van der Waals surface area contributed by atoms with Crippen molar-refractivity contribution in [3.05, 3.63) is 23.8 Å². The van der Waals surface area contributed by atoms with Crippen LogP contribution in [0.25, 0.3) is 0 Å². The van der Waals surface area contributed by atoms with Gasteiger partial charge in [0.1, 0.15) is 18.2 Å². The van der Waals surface area contributed by atoms with Crippen molar-refractivity contribution in [1.29, 1.82) is 0 Å². The lowest BCUT2D eigenvalue weighted by Gasteiger charge is -2.29. The molecular weight excluding hydrogens is 364 g/mol. The monoisotopic (exact) mass is 390 g/mol. The van der Waals surface area contributed by atoms with E-state index in [1.165, 1.54) is 0 Å². The summed E-state index contributed by atoms with van der Waals surface area (Å²) >= 11 is 1.70. The fourth-order valence-electron chi connectivity index (χ4n) is 4.17. The van der Waals surface area contributed by atoms with Crippen LogP contribution in [0.5, 0.6) is 11.5 Å². The van der Waals surface area contributed by atoms with Crippen molar-refractivity contribution in [3.8, 4) is 11.5 Å². The summed E-state index contributed by atoms with van der Waals surface area (Å²) in [6.45, 7) is 6.92. The molecule has 1 N–H and O–H groups in total. The molecule has 0 aromatic heterocycles. The molecule has 146 valence electrons. The zero-order chi connectivity index (χ0) is 19.2. The van der Waals surface area contributed by atoms with Crippen LogP contribution in [-0.2, 0) is 16.0 Å². The molecule has 2 fully saturated rings. The van der Waals surface area contributed by atoms with Gasteiger partial charge in [0.2, 0.25) is 11.8 Å². The number of hydrogen-bond acceptors (Lipinski definition) is 5. The van der Waals surface area contributed by atoms with Gasteiger partial charge in [0.15, 0.2) is 11.5 Å². The average molecular weight is 391 g/mol. The van der Waals surface area contributed by atoms with Crippen molar-refractivity contribution in [2.45, 2.75) is 56.5 Å². The summed E-state index contributed by atoms with van der Waals surface area (Å²) in [4.78, 5) is 26.3. The van der Waals surface area contributed by atoms with Crippen LogP contribution < -0.4 is 14.8 Å². The lowest BCUT2D eigenvalue weighted by atomic mass is 10.0. The summed E-state index contributed by atoms with van der Waals surface area (Å²) in [6.07, 6.45) is 2.21. The Morgan fingerprint density at radius 2 is 2.22 bits per heavy atom. The maximum absolute atomic E-state index is 12.6. The maximum atomic E-state index is 12.6. The zero-order valence-electron chi connectivity index (χ0n) is 16.0. The number of para-hydroxylation sites is 1. The second kappa shape index (κ2) is 6.62. The number of fused-ring (bicyclic) bond motifs is 2. The average Bonchev–Trinajstić information content (AvgIpc) is 3.21. The number of benzene rings is 1. The van der Waals surface area contributed by atoms with Gasteiger partial charge in [0.25, 0.3) is 0 Å². The topological polar surface area (TPSA) is 67.9 Å². The van der Waals surface area contributed by atoms with E-state index in [0.29, 0.717) is 31.1 Å². The molecule has 27 heavy (non-hydrogen) atoms. The first-order chi connectivity index (χ1) is 12.8. The van der Waals surface area contributed by atoms with Gasteiger partial charge in [0.05, 0.1) is 11.4 Å². The third-order valence-corrected chi connectivity index (χ3v) is 6.97. The van der Waals surface area contributed by atoms with E-state index in [-0.39, 0.29) is 28.3 Å². The standard InChI is InChI=1S/C20H26N2O4S/c1-19(2)11-13-5-4-6-15(17(13)26-19)25-10-9-21-18(24)14-12-27-20(3)8-7-16(23)22(14)20/h4-6,14H,7-12H2,1-3H3,(H,21,24)/t14-,20+/m1/s1. The van der Waals surface area contributed by atoms with Crippen molar-refractivity contribution in [3.63, 3.8) is 0 Å². The van der Waals surface area contributed by atoms with Gasteiger partial charge in [-0.05, 0) is 33.3 Å². The van der Waals surface area contributed by atoms with E-state index in [4.69, 9.17) is 9.47 Å². The lowest BCUT2D eigenvalue weighted by Crippen LogP contribution is -2.50. The molecule has 3 heterocycles. The third-order valence-electron chi connectivity index (χ3n) is 5.46. The van der Waals surface area contributed by atoms with Crippen molar-refractivity contribution in [2.75, 3.05) is 18.9 Å². The van der Waals surface area contributed by atoms with Crippen LogP contribution in [0.2, 0.25) is 0 Å². The van der Waals surface area contributed by atoms with Crippen molar-refractivity contribution in [2.24, 2.45) is 0 Å². The van der Waals surface area contributed by atoms with Gasteiger partial charge in [-0.1, -0.05) is 12.1 Å². The molecule has 0 unspecified atom stereocenters. The number of rotatable bonds is 5. The number of nitrogens with zero attached hydrogens (tertiary/aromatic N) is 1. The minimum atomic E-state index is -0.375. The molecule has 0 aliphatic carbocycles. The minimum absolute atomic E-state index is 0.0820. The molecular formula is C20H26N2O4S. The Labute approximate surface area is 164 Å². The largest absolute Gasteiger partial charge is 0.488 e. The molecule has 3 aliphatic rings. The summed E-state index contributed by atoms with van der Waals surface area (Å²) in [5.74, 6) is 2.16. The van der Waals surface area contributed by atoms with Crippen LogP contribution in [-0.4, -0.2) is 52.1 Å². The summed E-state index contributed by atoms with van der Waals surface area (Å²) in [5.41, 5.74) is 0.932. The van der Waals surface area contributed by atoms with Crippen LogP contribution in [0.4, 0.5) is 0 Å². The quantitative estimate of drug-likeness (QED) is 0.782. The molecule has 0 spiro atoms. The van der Waals surface area contributed by atoms with E-state index in [1.54, 1.807) is 16.7 Å². The Bertz CT molecular complexity index is 781. The molecule has 2 amide bonds. The Morgan fingerprint density at radius 3 is 3.04 bits per heavy atom. The smallest absolute Gasteiger partial charge is 0.243 e. The van der Waals surface area contributed by atoms with Crippen molar-refractivity contribution >= 4 is 23.6 Å². The second-order valence-electron chi connectivity index (χ2n) is 8.19. The summed E-state index contributed by atoms with van der Waals surface area (Å²) in [5, 5.41) is 2.92. The Kier molecular flexibility index (Phi) is 4.53. The minimum Gasteiger partial charge on any atom is -0.488 e. The number of amides is 2. The first kappa shape index (κ1) is 18.5. The zero-order valence-corrected chi connectivity index (χ0v) is 16.9. The number of carbonyl (C=O) groups excluding carboxylic acids is 2. The van der Waals surface area contributed by atoms with E-state index in [9.17, 15) is 9.59 Å². The predicted octanol–water partition coefficient (Wildman–Crippen LogP) is 2.35. The third kappa shape index (κ3) is 3.37. The van der Waals surface area contributed by atoms with E-state index < -0.39 is 0 Å². The van der Waals surface area contributed by atoms with Gasteiger partial charge in [0, 0.05) is 24.2 Å². The summed E-state index contributed by atoms with van der Waals surface area (Å²) < 4.78 is 11.9. The number of hydrogen-bond donors (Lipinski definition) is 1. The Hall–Kier alpha value is -1.89. The van der Waals surface area contributed by atoms with Crippen molar-refractivity contribution in [1.82, 2.24) is 10.2 Å².